The first kappa shape index (κ1) is 14.7. The van der Waals surface area contributed by atoms with E-state index in [0.717, 1.165) is 17.2 Å². The van der Waals surface area contributed by atoms with E-state index in [-0.39, 0.29) is 0 Å². The zero-order valence-corrected chi connectivity index (χ0v) is 12.9. The van der Waals surface area contributed by atoms with Crippen LogP contribution in [0.2, 0.25) is 0 Å². The maximum atomic E-state index is 3.79. The lowest BCUT2D eigenvalue weighted by molar-refractivity contribution is 0.394. The maximum Gasteiger partial charge on any atom is 0.00673 e. The molecule has 2 unspecified atom stereocenters. The van der Waals surface area contributed by atoms with E-state index >= 15 is 0 Å². The van der Waals surface area contributed by atoms with E-state index in [1.54, 1.807) is 0 Å². The first-order chi connectivity index (χ1) is 8.84. The topological polar surface area (TPSA) is 12.0 Å². The van der Waals surface area contributed by atoms with Crippen LogP contribution in [0.15, 0.2) is 0 Å². The molecule has 18 heavy (non-hydrogen) atoms. The Kier molecular flexibility index (Phi) is 6.93. The van der Waals surface area contributed by atoms with Crippen LogP contribution in [0.5, 0.6) is 0 Å². The van der Waals surface area contributed by atoms with E-state index in [0.29, 0.717) is 0 Å². The Morgan fingerprint density at radius 2 is 1.72 bits per heavy atom. The van der Waals surface area contributed by atoms with Crippen LogP contribution < -0.4 is 5.32 Å². The molecule has 2 saturated carbocycles. The van der Waals surface area contributed by atoms with Crippen molar-refractivity contribution in [1.82, 2.24) is 5.32 Å². The van der Waals surface area contributed by atoms with Crippen molar-refractivity contribution in [3.63, 3.8) is 0 Å². The number of hydrogen-bond acceptors (Lipinski definition) is 2. The monoisotopic (exact) mass is 269 g/mol. The van der Waals surface area contributed by atoms with Crippen molar-refractivity contribution in [2.45, 2.75) is 82.4 Å². The zero-order valence-electron chi connectivity index (χ0n) is 12.1. The van der Waals surface area contributed by atoms with Crippen LogP contribution in [0.3, 0.4) is 0 Å². The smallest absolute Gasteiger partial charge is 0.00673 e. The zero-order chi connectivity index (χ0) is 12.6. The summed E-state index contributed by atoms with van der Waals surface area (Å²) in [5, 5.41) is 4.75. The highest BCUT2D eigenvalue weighted by Gasteiger charge is 2.19. The van der Waals surface area contributed by atoms with Gasteiger partial charge in [0.2, 0.25) is 0 Å². The second-order valence-corrected chi connectivity index (χ2v) is 7.82. The van der Waals surface area contributed by atoms with Gasteiger partial charge in [-0.15, -0.1) is 0 Å². The minimum absolute atomic E-state index is 0.832. The molecular weight excluding hydrogens is 238 g/mol. The fraction of sp³-hybridized carbons (Fsp3) is 1.00. The molecule has 106 valence electrons. The molecule has 0 radical (unpaired) electrons. The predicted molar refractivity (Wildman–Crippen MR) is 83.4 cm³/mol. The van der Waals surface area contributed by atoms with E-state index in [1.165, 1.54) is 76.5 Å². The molecule has 2 fully saturated rings. The van der Waals surface area contributed by atoms with Gasteiger partial charge < -0.3 is 5.32 Å². The van der Waals surface area contributed by atoms with Crippen molar-refractivity contribution < 1.29 is 0 Å². The Hall–Kier alpha value is 0.310. The van der Waals surface area contributed by atoms with Gasteiger partial charge in [0.05, 0.1) is 0 Å². The van der Waals surface area contributed by atoms with Crippen molar-refractivity contribution in [2.24, 2.45) is 5.92 Å². The molecule has 0 aromatic carbocycles. The van der Waals surface area contributed by atoms with Crippen LogP contribution in [0, 0.1) is 5.92 Å². The number of rotatable bonds is 5. The first-order valence-electron chi connectivity index (χ1n) is 8.19. The van der Waals surface area contributed by atoms with E-state index in [4.69, 9.17) is 0 Å². The van der Waals surface area contributed by atoms with Crippen molar-refractivity contribution in [2.75, 3.05) is 12.3 Å². The van der Waals surface area contributed by atoms with Gasteiger partial charge in [-0.3, -0.25) is 0 Å². The van der Waals surface area contributed by atoms with Gasteiger partial charge in [-0.05, 0) is 31.6 Å². The van der Waals surface area contributed by atoms with Crippen molar-refractivity contribution >= 4 is 11.8 Å². The lowest BCUT2D eigenvalue weighted by Crippen LogP contribution is -2.31. The third-order valence-corrected chi connectivity index (χ3v) is 5.97. The van der Waals surface area contributed by atoms with E-state index in [2.05, 4.69) is 24.0 Å². The van der Waals surface area contributed by atoms with Crippen LogP contribution >= 0.6 is 11.8 Å². The van der Waals surface area contributed by atoms with Crippen molar-refractivity contribution in [3.05, 3.63) is 0 Å². The van der Waals surface area contributed by atoms with Gasteiger partial charge in [0.1, 0.15) is 0 Å². The summed E-state index contributed by atoms with van der Waals surface area (Å²) in [7, 11) is 0. The van der Waals surface area contributed by atoms with Gasteiger partial charge >= 0.3 is 0 Å². The van der Waals surface area contributed by atoms with Gasteiger partial charge in [-0.1, -0.05) is 45.4 Å². The average molecular weight is 269 g/mol. The van der Waals surface area contributed by atoms with E-state index in [1.807, 2.05) is 0 Å². The molecule has 0 aromatic heterocycles. The Balaban J connectivity index is 1.52. The van der Waals surface area contributed by atoms with Gasteiger partial charge in [0.15, 0.2) is 0 Å². The van der Waals surface area contributed by atoms with Crippen LogP contribution in [-0.4, -0.2) is 23.6 Å². The summed E-state index contributed by atoms with van der Waals surface area (Å²) in [6.07, 6.45) is 14.5. The highest BCUT2D eigenvalue weighted by Crippen LogP contribution is 2.31. The second kappa shape index (κ2) is 8.47. The summed E-state index contributed by atoms with van der Waals surface area (Å²) in [6, 6.07) is 0.832. The van der Waals surface area contributed by atoms with E-state index in [9.17, 15) is 0 Å². The second-order valence-electron chi connectivity index (χ2n) is 6.41. The predicted octanol–water partition coefficient (Wildman–Crippen LogP) is 4.61. The van der Waals surface area contributed by atoms with Crippen molar-refractivity contribution in [1.29, 1.82) is 0 Å². The Morgan fingerprint density at radius 3 is 2.44 bits per heavy atom. The summed E-state index contributed by atoms with van der Waals surface area (Å²) in [5.74, 6) is 2.31. The summed E-state index contributed by atoms with van der Waals surface area (Å²) in [4.78, 5) is 0. The molecule has 2 rings (SSSR count). The van der Waals surface area contributed by atoms with Crippen LogP contribution in [-0.2, 0) is 0 Å². The lowest BCUT2D eigenvalue weighted by Gasteiger charge is -2.26. The third-order valence-electron chi connectivity index (χ3n) is 4.63. The fourth-order valence-corrected chi connectivity index (χ4v) is 4.87. The summed E-state index contributed by atoms with van der Waals surface area (Å²) in [5.41, 5.74) is 0. The standard InChI is InChI=1S/C16H31NS/c1-14-7-6-10-16(13-14)18-12-11-17-15-8-4-2-3-5-9-15/h14-17H,2-13H2,1H3. The average Bonchev–Trinajstić information content (AvgIpc) is 2.63. The minimum atomic E-state index is 0.832. The van der Waals surface area contributed by atoms with Gasteiger partial charge in [-0.2, -0.15) is 11.8 Å². The highest BCUT2D eigenvalue weighted by atomic mass is 32.2. The van der Waals surface area contributed by atoms with Crippen LogP contribution in [0.4, 0.5) is 0 Å². The number of thioether (sulfide) groups is 1. The Labute approximate surface area is 118 Å². The summed E-state index contributed by atoms with van der Waals surface area (Å²) >= 11 is 2.23. The van der Waals surface area contributed by atoms with Crippen LogP contribution in [0.1, 0.15) is 71.1 Å². The molecule has 0 aromatic rings. The normalized spacial score (nSPS) is 31.2. The molecule has 0 spiro atoms. The number of hydrogen-bond donors (Lipinski definition) is 1. The SMILES string of the molecule is CC1CCCC(SCCNC2CCCCCC2)C1. The van der Waals surface area contributed by atoms with Gasteiger partial charge in [-0.25, -0.2) is 0 Å². The molecule has 2 atom stereocenters. The molecule has 0 heterocycles. The molecule has 2 aliphatic carbocycles. The first-order valence-corrected chi connectivity index (χ1v) is 9.24. The Bertz CT molecular complexity index is 207. The highest BCUT2D eigenvalue weighted by molar-refractivity contribution is 7.99. The third kappa shape index (κ3) is 5.52. The summed E-state index contributed by atoms with van der Waals surface area (Å²) < 4.78 is 0. The fourth-order valence-electron chi connectivity index (χ4n) is 3.50. The number of nitrogens with one attached hydrogen (secondary N) is 1. The molecule has 2 aliphatic rings. The van der Waals surface area contributed by atoms with Crippen molar-refractivity contribution in [3.8, 4) is 0 Å². The quantitative estimate of drug-likeness (QED) is 0.578. The molecule has 1 nitrogen and oxygen atoms in total. The molecule has 0 bridgehead atoms. The largest absolute Gasteiger partial charge is 0.313 e. The summed E-state index contributed by atoms with van der Waals surface area (Å²) in [6.45, 7) is 3.66. The minimum Gasteiger partial charge on any atom is -0.313 e. The van der Waals surface area contributed by atoms with E-state index < -0.39 is 0 Å². The lowest BCUT2D eigenvalue weighted by atomic mass is 9.91. The van der Waals surface area contributed by atoms with Gasteiger partial charge in [0.25, 0.3) is 0 Å². The molecule has 0 saturated heterocycles. The van der Waals surface area contributed by atoms with Crippen LogP contribution in [0.25, 0.3) is 0 Å². The Morgan fingerprint density at radius 1 is 0.944 bits per heavy atom. The molecule has 0 amide bonds. The van der Waals surface area contributed by atoms with Gasteiger partial charge in [0, 0.05) is 23.6 Å². The molecule has 1 N–H and O–H groups in total. The molecule has 2 heteroatoms. The maximum absolute atomic E-state index is 3.79. The molecule has 0 aliphatic heterocycles. The molecular formula is C16H31NS.